The van der Waals surface area contributed by atoms with Crippen molar-refractivity contribution in [1.29, 1.82) is 0 Å². The number of fused-ring (bicyclic) bond motifs is 1. The van der Waals surface area contributed by atoms with Crippen LogP contribution in [0.1, 0.15) is 20.3 Å². The first-order chi connectivity index (χ1) is 6.07. The third kappa shape index (κ3) is 0.978. The van der Waals surface area contributed by atoms with Gasteiger partial charge in [0.25, 0.3) is 0 Å². The van der Waals surface area contributed by atoms with Crippen molar-refractivity contribution in [2.75, 3.05) is 0 Å². The van der Waals surface area contributed by atoms with Crippen LogP contribution in [0.2, 0.25) is 0 Å². The molecule has 13 heavy (non-hydrogen) atoms. The molecule has 3 aliphatic carbocycles. The average molecular weight is 177 g/mol. The molecule has 70 valence electrons. The third-order valence-corrected chi connectivity index (χ3v) is 3.68. The Labute approximate surface area is 78.6 Å². The van der Waals surface area contributed by atoms with Crippen LogP contribution in [0.5, 0.6) is 0 Å². The zero-order valence-corrected chi connectivity index (χ0v) is 8.12. The fourth-order valence-corrected chi connectivity index (χ4v) is 2.73. The Morgan fingerprint density at radius 1 is 1.62 bits per heavy atom. The quantitative estimate of drug-likeness (QED) is 0.372. The smallest absolute Gasteiger partial charge is 0.0696 e. The molecular weight excluding hydrogens is 162 g/mol. The molecule has 3 aliphatic rings. The van der Waals surface area contributed by atoms with Gasteiger partial charge in [0.15, 0.2) is 0 Å². The van der Waals surface area contributed by atoms with Crippen LogP contribution in [0.25, 0.3) is 0 Å². The molecule has 1 fully saturated rings. The number of oxime groups is 1. The van der Waals surface area contributed by atoms with Gasteiger partial charge in [-0.05, 0) is 29.2 Å². The minimum absolute atomic E-state index is 0.308. The molecule has 2 atom stereocenters. The zero-order chi connectivity index (χ0) is 9.64. The first-order valence-electron chi connectivity index (χ1n) is 4.65. The van der Waals surface area contributed by atoms with Crippen LogP contribution in [0.15, 0.2) is 29.0 Å². The van der Waals surface area contributed by atoms with Crippen molar-refractivity contribution in [2.24, 2.45) is 22.4 Å². The number of allylic oxidation sites excluding steroid dienone is 3. The Hall–Kier alpha value is -1.05. The van der Waals surface area contributed by atoms with Gasteiger partial charge >= 0.3 is 0 Å². The summed E-state index contributed by atoms with van der Waals surface area (Å²) in [6, 6.07) is 0. The molecule has 0 radical (unpaired) electrons. The lowest BCUT2D eigenvalue weighted by Crippen LogP contribution is -2.49. The summed E-state index contributed by atoms with van der Waals surface area (Å²) in [4.78, 5) is 0. The van der Waals surface area contributed by atoms with E-state index >= 15 is 0 Å². The molecule has 1 N–H and O–H groups in total. The van der Waals surface area contributed by atoms with Gasteiger partial charge in [-0.2, -0.15) is 0 Å². The molecule has 2 bridgehead atoms. The van der Waals surface area contributed by atoms with Crippen LogP contribution >= 0.6 is 0 Å². The van der Waals surface area contributed by atoms with Crippen molar-refractivity contribution in [3.63, 3.8) is 0 Å². The van der Waals surface area contributed by atoms with Crippen molar-refractivity contribution >= 4 is 6.21 Å². The maximum absolute atomic E-state index is 8.51. The summed E-state index contributed by atoms with van der Waals surface area (Å²) in [6.07, 6.45) is 4.78. The fourth-order valence-electron chi connectivity index (χ4n) is 2.73. The Bertz CT molecular complexity index is 312. The first-order valence-corrected chi connectivity index (χ1v) is 4.65. The minimum Gasteiger partial charge on any atom is -0.411 e. The molecule has 0 saturated heterocycles. The van der Waals surface area contributed by atoms with E-state index in [0.29, 0.717) is 17.3 Å². The molecule has 0 amide bonds. The predicted octanol–water partition coefficient (Wildman–Crippen LogP) is 2.60. The van der Waals surface area contributed by atoms with Gasteiger partial charge in [0.05, 0.1) is 6.21 Å². The summed E-state index contributed by atoms with van der Waals surface area (Å²) in [5, 5.41) is 11.6. The predicted molar refractivity (Wildman–Crippen MR) is 52.9 cm³/mol. The van der Waals surface area contributed by atoms with Gasteiger partial charge in [-0.1, -0.05) is 37.2 Å². The van der Waals surface area contributed by atoms with E-state index in [9.17, 15) is 0 Å². The molecule has 2 nitrogen and oxygen atoms in total. The van der Waals surface area contributed by atoms with Gasteiger partial charge in [-0.15, -0.1) is 0 Å². The lowest BCUT2D eigenvalue weighted by molar-refractivity contribution is 0.0287. The lowest BCUT2D eigenvalue weighted by Gasteiger charge is -2.56. The summed E-state index contributed by atoms with van der Waals surface area (Å²) in [6.45, 7) is 8.56. The maximum atomic E-state index is 8.51. The Balaban J connectivity index is 2.36. The van der Waals surface area contributed by atoms with Crippen molar-refractivity contribution in [3.05, 3.63) is 23.8 Å². The summed E-state index contributed by atoms with van der Waals surface area (Å²) in [5.74, 6) is 1.19. The minimum atomic E-state index is 0.308. The molecule has 1 unspecified atom stereocenters. The Morgan fingerprint density at radius 2 is 2.31 bits per heavy atom. The molecule has 0 aliphatic heterocycles. The van der Waals surface area contributed by atoms with Gasteiger partial charge < -0.3 is 5.21 Å². The highest BCUT2D eigenvalue weighted by molar-refractivity contribution is 5.81. The number of hydrogen-bond donors (Lipinski definition) is 1. The Kier molecular flexibility index (Phi) is 1.62. The highest BCUT2D eigenvalue weighted by Crippen LogP contribution is 2.60. The van der Waals surface area contributed by atoms with E-state index in [2.05, 4.69) is 31.7 Å². The number of hydrogen-bond acceptors (Lipinski definition) is 2. The highest BCUT2D eigenvalue weighted by atomic mass is 16.4. The molecular formula is C11H15NO. The number of rotatable bonds is 1. The molecule has 0 aromatic carbocycles. The molecule has 0 spiro atoms. The monoisotopic (exact) mass is 177 g/mol. The molecule has 0 heterocycles. The normalized spacial score (nSPS) is 35.8. The van der Waals surface area contributed by atoms with E-state index in [-0.39, 0.29) is 0 Å². The molecule has 3 rings (SSSR count). The third-order valence-electron chi connectivity index (χ3n) is 3.68. The summed E-state index contributed by atoms with van der Waals surface area (Å²) in [7, 11) is 0. The van der Waals surface area contributed by atoms with E-state index in [0.717, 1.165) is 5.57 Å². The second-order valence-corrected chi connectivity index (χ2v) is 4.63. The van der Waals surface area contributed by atoms with Gasteiger partial charge in [0, 0.05) is 0 Å². The molecule has 0 aromatic rings. The average Bonchev–Trinajstić information content (AvgIpc) is 2.03. The first kappa shape index (κ1) is 8.54. The van der Waals surface area contributed by atoms with Crippen LogP contribution < -0.4 is 0 Å². The Morgan fingerprint density at radius 3 is 2.77 bits per heavy atom. The second-order valence-electron chi connectivity index (χ2n) is 4.63. The summed E-state index contributed by atoms with van der Waals surface area (Å²) < 4.78 is 0. The molecule has 1 saturated carbocycles. The van der Waals surface area contributed by atoms with Crippen molar-refractivity contribution in [3.8, 4) is 0 Å². The van der Waals surface area contributed by atoms with Crippen LogP contribution in [0.4, 0.5) is 0 Å². The zero-order valence-electron chi connectivity index (χ0n) is 8.12. The van der Waals surface area contributed by atoms with Crippen molar-refractivity contribution in [1.82, 2.24) is 0 Å². The van der Waals surface area contributed by atoms with Crippen LogP contribution in [-0.4, -0.2) is 11.4 Å². The van der Waals surface area contributed by atoms with E-state index in [1.54, 1.807) is 6.21 Å². The van der Waals surface area contributed by atoms with E-state index in [1.807, 2.05) is 0 Å². The van der Waals surface area contributed by atoms with Crippen molar-refractivity contribution < 1.29 is 5.21 Å². The van der Waals surface area contributed by atoms with E-state index in [1.165, 1.54) is 12.0 Å². The van der Waals surface area contributed by atoms with Gasteiger partial charge in [0.1, 0.15) is 0 Å². The van der Waals surface area contributed by atoms with Gasteiger partial charge in [-0.25, -0.2) is 0 Å². The number of nitrogens with zero attached hydrogens (tertiary/aromatic N) is 1. The largest absolute Gasteiger partial charge is 0.411 e. The summed E-state index contributed by atoms with van der Waals surface area (Å²) >= 11 is 0. The molecule has 0 aromatic heterocycles. The SMILES string of the molecule is C=C1C=C(C=NO)[C@@H]2CC1C2(C)C. The van der Waals surface area contributed by atoms with E-state index < -0.39 is 0 Å². The fraction of sp³-hybridized carbons (Fsp3) is 0.545. The standard InChI is InChI=1S/C11H15NO/c1-7-4-8(6-12-13)10-5-9(7)11(10,2)3/h4,6,9-10,13H,1,5H2,2-3H3/t9?,10-/m0/s1. The molecule has 2 heteroatoms. The van der Waals surface area contributed by atoms with Gasteiger partial charge in [0.2, 0.25) is 0 Å². The van der Waals surface area contributed by atoms with Crippen molar-refractivity contribution in [2.45, 2.75) is 20.3 Å². The topological polar surface area (TPSA) is 32.6 Å². The van der Waals surface area contributed by atoms with Crippen LogP contribution in [-0.2, 0) is 0 Å². The summed E-state index contributed by atoms with van der Waals surface area (Å²) in [5.41, 5.74) is 2.62. The highest BCUT2D eigenvalue weighted by Gasteiger charge is 2.52. The lowest BCUT2D eigenvalue weighted by atomic mass is 9.48. The second kappa shape index (κ2) is 2.47. The van der Waals surface area contributed by atoms with Crippen LogP contribution in [0, 0.1) is 17.3 Å². The maximum Gasteiger partial charge on any atom is 0.0696 e. The van der Waals surface area contributed by atoms with Gasteiger partial charge in [-0.3, -0.25) is 0 Å². The van der Waals surface area contributed by atoms with Crippen LogP contribution in [0.3, 0.4) is 0 Å². The van der Waals surface area contributed by atoms with E-state index in [4.69, 9.17) is 5.21 Å².